The van der Waals surface area contributed by atoms with Gasteiger partial charge in [0.05, 0.1) is 30.6 Å². The summed E-state index contributed by atoms with van der Waals surface area (Å²) < 4.78 is 5.55. The predicted octanol–water partition coefficient (Wildman–Crippen LogP) is 1.95. The smallest absolute Gasteiger partial charge is 0.248 e. The van der Waals surface area contributed by atoms with Crippen molar-refractivity contribution in [2.24, 2.45) is 0 Å². The molecule has 3 aromatic rings. The number of rotatable bonds is 8. The number of piperazine rings is 1. The van der Waals surface area contributed by atoms with Gasteiger partial charge in [0.15, 0.2) is 0 Å². The number of hydrogen-bond donors (Lipinski definition) is 2. The van der Waals surface area contributed by atoms with E-state index in [4.69, 9.17) is 22.1 Å². The molecule has 178 valence electrons. The monoisotopic (exact) mass is 483 g/mol. The summed E-state index contributed by atoms with van der Waals surface area (Å²) in [5.74, 6) is 0.0774. The molecule has 1 aromatic carbocycles. The number of pyridine rings is 1. The number of carbonyl (C=O) groups is 2. The first kappa shape index (κ1) is 23.7. The van der Waals surface area contributed by atoms with E-state index >= 15 is 0 Å². The lowest BCUT2D eigenvalue weighted by Gasteiger charge is -2.40. The van der Waals surface area contributed by atoms with Crippen molar-refractivity contribution in [1.29, 1.82) is 0 Å². The van der Waals surface area contributed by atoms with Crippen LogP contribution in [0.2, 0.25) is 5.15 Å². The molecule has 34 heavy (non-hydrogen) atoms. The fourth-order valence-corrected chi connectivity index (χ4v) is 4.00. The maximum Gasteiger partial charge on any atom is 0.248 e. The van der Waals surface area contributed by atoms with Gasteiger partial charge in [0.2, 0.25) is 11.8 Å². The van der Waals surface area contributed by atoms with Crippen LogP contribution in [-0.2, 0) is 20.9 Å². The number of fused-ring (bicyclic) bond motifs is 1. The van der Waals surface area contributed by atoms with E-state index < -0.39 is 6.04 Å². The molecule has 1 saturated heterocycles. The van der Waals surface area contributed by atoms with Crippen LogP contribution in [-0.4, -0.2) is 75.5 Å². The first-order valence-corrected chi connectivity index (χ1v) is 11.3. The van der Waals surface area contributed by atoms with E-state index in [1.165, 1.54) is 6.33 Å². The summed E-state index contributed by atoms with van der Waals surface area (Å²) in [5, 5.41) is 4.17. The van der Waals surface area contributed by atoms with E-state index in [2.05, 4.69) is 20.3 Å². The van der Waals surface area contributed by atoms with Gasteiger partial charge in [-0.25, -0.2) is 15.0 Å². The van der Waals surface area contributed by atoms with Crippen molar-refractivity contribution in [3.8, 4) is 0 Å². The Hall–Kier alpha value is -3.50. The van der Waals surface area contributed by atoms with Crippen LogP contribution in [0.3, 0.4) is 0 Å². The maximum atomic E-state index is 13.3. The first-order chi connectivity index (χ1) is 16.5. The molecule has 1 unspecified atom stereocenters. The molecular weight excluding hydrogens is 458 g/mol. The Bertz CT molecular complexity index is 1170. The lowest BCUT2D eigenvalue weighted by molar-refractivity contribution is -0.154. The highest BCUT2D eigenvalue weighted by Gasteiger charge is 2.37. The molecule has 1 aliphatic rings. The number of halogens is 1. The minimum absolute atomic E-state index is 0.0328. The summed E-state index contributed by atoms with van der Waals surface area (Å²) in [4.78, 5) is 41.9. The molecule has 2 amide bonds. The van der Waals surface area contributed by atoms with Gasteiger partial charge < -0.3 is 25.6 Å². The topological polar surface area (TPSA) is 127 Å². The molecule has 4 rings (SSSR count). The fraction of sp³-hybridized carbons (Fsp3) is 0.348. The molecule has 11 heteroatoms. The Morgan fingerprint density at radius 1 is 1.24 bits per heavy atom. The van der Waals surface area contributed by atoms with Gasteiger partial charge in [-0.05, 0) is 36.8 Å². The number of amides is 2. The minimum atomic E-state index is -0.690. The summed E-state index contributed by atoms with van der Waals surface area (Å²) in [6.07, 6.45) is 2.97. The number of anilines is 2. The number of nitrogens with one attached hydrogen (secondary N) is 1. The lowest BCUT2D eigenvalue weighted by Crippen LogP contribution is -2.60. The number of nitrogen functional groups attached to an aromatic ring is 1. The van der Waals surface area contributed by atoms with Crippen LogP contribution in [0.15, 0.2) is 42.9 Å². The standard InChI is InChI=1S/C23H26ClN7O3/c1-2-34-13-19-23(33)30(12-15-3-5-17-18(9-15)28-14-29-22(17)25)7-8-31(19)21(32)11-26-16-4-6-20(24)27-10-16/h3-6,9-10,14,19,26H,2,7-8,11-13H2,1H3,(H2,25,28,29). The SMILES string of the molecule is CCOCC1C(=O)N(Cc2ccc3c(N)ncnc3c2)CCN1C(=O)CNc1ccc(Cl)nc1. The van der Waals surface area contributed by atoms with Gasteiger partial charge in [-0.1, -0.05) is 17.7 Å². The van der Waals surface area contributed by atoms with Crippen molar-refractivity contribution in [3.05, 3.63) is 53.6 Å². The predicted molar refractivity (Wildman–Crippen MR) is 129 cm³/mol. The van der Waals surface area contributed by atoms with E-state index in [1.54, 1.807) is 28.1 Å². The van der Waals surface area contributed by atoms with E-state index in [0.717, 1.165) is 16.5 Å². The largest absolute Gasteiger partial charge is 0.383 e. The van der Waals surface area contributed by atoms with Crippen molar-refractivity contribution in [2.75, 3.05) is 43.9 Å². The molecule has 1 atom stereocenters. The number of ether oxygens (including phenoxy) is 1. The zero-order valence-corrected chi connectivity index (χ0v) is 19.5. The highest BCUT2D eigenvalue weighted by atomic mass is 35.5. The Morgan fingerprint density at radius 2 is 2.09 bits per heavy atom. The summed E-state index contributed by atoms with van der Waals surface area (Å²) >= 11 is 5.81. The summed E-state index contributed by atoms with van der Waals surface area (Å²) in [7, 11) is 0. The average molecular weight is 484 g/mol. The second-order valence-electron chi connectivity index (χ2n) is 7.86. The second-order valence-corrected chi connectivity index (χ2v) is 8.24. The quantitative estimate of drug-likeness (QED) is 0.465. The van der Waals surface area contributed by atoms with Crippen molar-refractivity contribution >= 4 is 45.8 Å². The summed E-state index contributed by atoms with van der Waals surface area (Å²) in [6, 6.07) is 8.37. The normalized spacial score (nSPS) is 16.2. The molecule has 0 saturated carbocycles. The molecule has 0 bridgehead atoms. The molecule has 1 aliphatic heterocycles. The second kappa shape index (κ2) is 10.6. The van der Waals surface area contributed by atoms with Gasteiger partial charge in [0.25, 0.3) is 0 Å². The van der Waals surface area contributed by atoms with E-state index in [-0.39, 0.29) is 25.0 Å². The highest BCUT2D eigenvalue weighted by molar-refractivity contribution is 6.29. The molecule has 3 heterocycles. The fourth-order valence-electron chi connectivity index (χ4n) is 3.89. The molecule has 0 spiro atoms. The molecule has 0 aliphatic carbocycles. The number of nitrogens with two attached hydrogens (primary N) is 1. The molecule has 1 fully saturated rings. The minimum Gasteiger partial charge on any atom is -0.383 e. The van der Waals surface area contributed by atoms with Crippen LogP contribution in [0.4, 0.5) is 11.5 Å². The Kier molecular flexibility index (Phi) is 7.39. The van der Waals surface area contributed by atoms with Crippen LogP contribution in [0.1, 0.15) is 12.5 Å². The number of aromatic nitrogens is 3. The van der Waals surface area contributed by atoms with Crippen LogP contribution in [0.25, 0.3) is 10.9 Å². The zero-order valence-electron chi connectivity index (χ0n) is 18.8. The Labute approximate surface area is 202 Å². The third-order valence-electron chi connectivity index (χ3n) is 5.66. The summed E-state index contributed by atoms with van der Waals surface area (Å²) in [6.45, 7) is 3.71. The Morgan fingerprint density at radius 3 is 2.85 bits per heavy atom. The lowest BCUT2D eigenvalue weighted by atomic mass is 10.1. The third kappa shape index (κ3) is 5.35. The molecule has 10 nitrogen and oxygen atoms in total. The molecular formula is C23H26ClN7O3. The first-order valence-electron chi connectivity index (χ1n) is 11.0. The van der Waals surface area contributed by atoms with Crippen molar-refractivity contribution in [1.82, 2.24) is 24.8 Å². The van der Waals surface area contributed by atoms with Crippen molar-refractivity contribution in [3.63, 3.8) is 0 Å². The van der Waals surface area contributed by atoms with Crippen LogP contribution in [0.5, 0.6) is 0 Å². The highest BCUT2D eigenvalue weighted by Crippen LogP contribution is 2.21. The number of hydrogen-bond acceptors (Lipinski definition) is 8. The van der Waals surface area contributed by atoms with Crippen LogP contribution < -0.4 is 11.1 Å². The van der Waals surface area contributed by atoms with Gasteiger partial charge >= 0.3 is 0 Å². The van der Waals surface area contributed by atoms with Gasteiger partial charge in [-0.3, -0.25) is 9.59 Å². The average Bonchev–Trinajstić information content (AvgIpc) is 2.84. The van der Waals surface area contributed by atoms with Crippen LogP contribution in [0, 0.1) is 0 Å². The summed E-state index contributed by atoms with van der Waals surface area (Å²) in [5.41, 5.74) is 8.22. The third-order valence-corrected chi connectivity index (χ3v) is 5.88. The van der Waals surface area contributed by atoms with E-state index in [9.17, 15) is 9.59 Å². The van der Waals surface area contributed by atoms with Crippen molar-refractivity contribution in [2.45, 2.75) is 19.5 Å². The van der Waals surface area contributed by atoms with Gasteiger partial charge in [0, 0.05) is 31.6 Å². The van der Waals surface area contributed by atoms with E-state index in [1.807, 2.05) is 25.1 Å². The van der Waals surface area contributed by atoms with Gasteiger partial charge in [-0.2, -0.15) is 0 Å². The molecule has 3 N–H and O–H groups in total. The zero-order chi connectivity index (χ0) is 24.1. The molecule has 2 aromatic heterocycles. The maximum absolute atomic E-state index is 13.3. The van der Waals surface area contributed by atoms with Crippen LogP contribution >= 0.6 is 11.6 Å². The van der Waals surface area contributed by atoms with Gasteiger partial charge in [0.1, 0.15) is 23.3 Å². The number of carbonyl (C=O) groups excluding carboxylic acids is 2. The Balaban J connectivity index is 1.44. The van der Waals surface area contributed by atoms with E-state index in [0.29, 0.717) is 42.9 Å². The number of nitrogens with zero attached hydrogens (tertiary/aromatic N) is 5. The van der Waals surface area contributed by atoms with Gasteiger partial charge in [-0.15, -0.1) is 0 Å². The van der Waals surface area contributed by atoms with Crippen molar-refractivity contribution < 1.29 is 14.3 Å². The molecule has 0 radical (unpaired) electrons. The number of benzene rings is 1.